The molecule has 0 aliphatic rings. The lowest BCUT2D eigenvalue weighted by Crippen LogP contribution is -2.40. The van der Waals surface area contributed by atoms with Gasteiger partial charge in [-0.25, -0.2) is 4.79 Å². The van der Waals surface area contributed by atoms with Gasteiger partial charge in [0, 0.05) is 18.1 Å². The van der Waals surface area contributed by atoms with Gasteiger partial charge >= 0.3 is 18.1 Å². The maximum atomic E-state index is 13.5. The van der Waals surface area contributed by atoms with E-state index in [1.54, 1.807) is 24.3 Å². The van der Waals surface area contributed by atoms with Crippen LogP contribution in [0.3, 0.4) is 0 Å². The van der Waals surface area contributed by atoms with Gasteiger partial charge in [0.25, 0.3) is 5.56 Å². The smallest absolute Gasteiger partial charge is 0.425 e. The van der Waals surface area contributed by atoms with Crippen LogP contribution in [0.15, 0.2) is 58.1 Å². The van der Waals surface area contributed by atoms with Crippen LogP contribution in [-0.2, 0) is 24.9 Å². The molecule has 0 saturated heterocycles. The molecule has 0 aliphatic heterocycles. The van der Waals surface area contributed by atoms with Gasteiger partial charge in [0.05, 0.1) is 32.9 Å². The first-order chi connectivity index (χ1) is 18.1. The fraction of sp³-hybridized carbons (Fsp3) is 0.292. The van der Waals surface area contributed by atoms with E-state index < -0.39 is 23.4 Å². The second-order valence-corrected chi connectivity index (χ2v) is 8.48. The Kier molecular flexibility index (Phi) is 8.09. The van der Waals surface area contributed by atoms with E-state index in [1.165, 1.54) is 23.7 Å². The Morgan fingerprint density at radius 3 is 2.47 bits per heavy atom. The molecule has 2 heterocycles. The third-order valence-electron chi connectivity index (χ3n) is 5.37. The van der Waals surface area contributed by atoms with E-state index in [0.717, 1.165) is 21.3 Å². The third kappa shape index (κ3) is 6.18. The molecule has 0 aliphatic carbocycles. The molecule has 0 saturated carbocycles. The predicted octanol–water partition coefficient (Wildman–Crippen LogP) is 3.30. The highest BCUT2D eigenvalue weighted by molar-refractivity contribution is 6.30. The van der Waals surface area contributed by atoms with Crippen LogP contribution in [0.25, 0.3) is 11.2 Å². The molecule has 2 aromatic heterocycles. The van der Waals surface area contributed by atoms with Crippen LogP contribution >= 0.6 is 11.6 Å². The summed E-state index contributed by atoms with van der Waals surface area (Å²) in [6.07, 6.45) is -4.90. The van der Waals surface area contributed by atoms with Crippen LogP contribution in [0.5, 0.6) is 17.5 Å². The number of aromatic nitrogens is 4. The van der Waals surface area contributed by atoms with Gasteiger partial charge in [-0.15, -0.1) is 13.2 Å². The van der Waals surface area contributed by atoms with Crippen molar-refractivity contribution < 1.29 is 32.5 Å². The van der Waals surface area contributed by atoms with Crippen LogP contribution in [-0.4, -0.2) is 50.0 Å². The minimum absolute atomic E-state index is 0.000994. The van der Waals surface area contributed by atoms with E-state index >= 15 is 0 Å². The van der Waals surface area contributed by atoms with Crippen molar-refractivity contribution in [1.29, 1.82) is 0 Å². The van der Waals surface area contributed by atoms with Crippen molar-refractivity contribution >= 4 is 22.8 Å². The number of rotatable bonds is 10. The molecule has 1 N–H and O–H groups in total. The molecule has 0 fully saturated rings. The average Bonchev–Trinajstić information content (AvgIpc) is 3.19. The minimum atomic E-state index is -4.90. The second-order valence-electron chi connectivity index (χ2n) is 8.04. The zero-order valence-electron chi connectivity index (χ0n) is 19.9. The molecule has 38 heavy (non-hydrogen) atoms. The summed E-state index contributed by atoms with van der Waals surface area (Å²) < 4.78 is 56.6. The Morgan fingerprint density at radius 2 is 1.76 bits per heavy atom. The van der Waals surface area contributed by atoms with E-state index in [9.17, 15) is 22.8 Å². The summed E-state index contributed by atoms with van der Waals surface area (Å²) in [5.41, 5.74) is -0.634. The Balaban J connectivity index is 1.83. The highest BCUT2D eigenvalue weighted by Gasteiger charge is 2.31. The van der Waals surface area contributed by atoms with E-state index in [4.69, 9.17) is 26.2 Å². The topological polar surface area (TPSA) is 110 Å². The first-order valence-corrected chi connectivity index (χ1v) is 11.6. The molecule has 0 radical (unpaired) electrons. The van der Waals surface area contributed by atoms with Gasteiger partial charge in [-0.1, -0.05) is 29.8 Å². The number of aryl methyl sites for hydroxylation is 1. The number of alkyl halides is 3. The highest BCUT2D eigenvalue weighted by atomic mass is 35.5. The van der Waals surface area contributed by atoms with Gasteiger partial charge in [-0.2, -0.15) is 4.98 Å². The van der Waals surface area contributed by atoms with Gasteiger partial charge in [0.1, 0.15) is 11.5 Å². The SMILES string of the molecule is Cn1c(=O)n(CCOCCO)c(=O)c2c1nc(Oc1cccc(OC(F)(F)F)c1)n2Cc1cccc(Cl)c1. The molecular weight excluding hydrogens is 533 g/mol. The number of benzene rings is 2. The lowest BCUT2D eigenvalue weighted by atomic mass is 10.2. The summed E-state index contributed by atoms with van der Waals surface area (Å²) in [5.74, 6) is -0.553. The fourth-order valence-electron chi connectivity index (χ4n) is 3.75. The van der Waals surface area contributed by atoms with Crippen LogP contribution in [0, 0.1) is 0 Å². The van der Waals surface area contributed by atoms with Crippen LogP contribution < -0.4 is 20.7 Å². The Morgan fingerprint density at radius 1 is 1.03 bits per heavy atom. The molecule has 202 valence electrons. The quantitative estimate of drug-likeness (QED) is 0.300. The number of hydrogen-bond donors (Lipinski definition) is 1. The normalized spacial score (nSPS) is 11.7. The summed E-state index contributed by atoms with van der Waals surface area (Å²) in [5, 5.41) is 9.33. The summed E-state index contributed by atoms with van der Waals surface area (Å²) in [4.78, 5) is 30.7. The first kappa shape index (κ1) is 27.2. The van der Waals surface area contributed by atoms with Gasteiger partial charge < -0.3 is 19.3 Å². The first-order valence-electron chi connectivity index (χ1n) is 11.2. The number of fused-ring (bicyclic) bond motifs is 1. The number of aliphatic hydroxyl groups is 1. The summed E-state index contributed by atoms with van der Waals surface area (Å²) in [6.45, 7) is -0.219. The zero-order chi connectivity index (χ0) is 27.4. The van der Waals surface area contributed by atoms with E-state index in [-0.39, 0.29) is 55.8 Å². The van der Waals surface area contributed by atoms with Crippen molar-refractivity contribution in [3.05, 3.63) is 80.0 Å². The molecule has 4 aromatic rings. The molecule has 0 unspecified atom stereocenters. The van der Waals surface area contributed by atoms with Crippen LogP contribution in [0.4, 0.5) is 13.2 Å². The van der Waals surface area contributed by atoms with E-state index in [0.29, 0.717) is 10.6 Å². The van der Waals surface area contributed by atoms with Crippen LogP contribution in [0.1, 0.15) is 5.56 Å². The van der Waals surface area contributed by atoms with Crippen molar-refractivity contribution in [2.24, 2.45) is 7.05 Å². The number of nitrogens with zero attached hydrogens (tertiary/aromatic N) is 4. The van der Waals surface area contributed by atoms with Crippen LogP contribution in [0.2, 0.25) is 5.02 Å². The molecule has 10 nitrogen and oxygen atoms in total. The van der Waals surface area contributed by atoms with E-state index in [1.807, 2.05) is 0 Å². The van der Waals surface area contributed by atoms with E-state index in [2.05, 4.69) is 9.72 Å². The second kappa shape index (κ2) is 11.3. The number of aliphatic hydroxyl groups excluding tert-OH is 1. The summed E-state index contributed by atoms with van der Waals surface area (Å²) in [6, 6.07) is 11.5. The number of ether oxygens (including phenoxy) is 3. The molecular formula is C24H22ClF3N4O6. The Bertz CT molecular complexity index is 1560. The predicted molar refractivity (Wildman–Crippen MR) is 131 cm³/mol. The summed E-state index contributed by atoms with van der Waals surface area (Å²) >= 11 is 6.12. The minimum Gasteiger partial charge on any atom is -0.425 e. The Hall–Kier alpha value is -3.81. The highest BCUT2D eigenvalue weighted by Crippen LogP contribution is 2.30. The molecule has 0 atom stereocenters. The molecule has 2 aromatic carbocycles. The number of hydrogen-bond acceptors (Lipinski definition) is 7. The molecule has 0 bridgehead atoms. The fourth-order valence-corrected chi connectivity index (χ4v) is 3.97. The monoisotopic (exact) mass is 554 g/mol. The van der Waals surface area contributed by atoms with Gasteiger partial charge in [-0.05, 0) is 29.8 Å². The molecule has 0 amide bonds. The lowest BCUT2D eigenvalue weighted by Gasteiger charge is -2.13. The van der Waals surface area contributed by atoms with Gasteiger partial charge in [0.2, 0.25) is 0 Å². The molecule has 14 heteroatoms. The largest absolute Gasteiger partial charge is 0.573 e. The zero-order valence-corrected chi connectivity index (χ0v) is 20.7. The van der Waals surface area contributed by atoms with Gasteiger partial charge in [-0.3, -0.25) is 18.5 Å². The third-order valence-corrected chi connectivity index (χ3v) is 5.61. The van der Waals surface area contributed by atoms with Gasteiger partial charge in [0.15, 0.2) is 11.2 Å². The summed E-state index contributed by atoms with van der Waals surface area (Å²) in [7, 11) is 1.42. The number of halogens is 4. The maximum Gasteiger partial charge on any atom is 0.573 e. The Labute approximate surface area is 218 Å². The van der Waals surface area contributed by atoms with Crippen molar-refractivity contribution in [1.82, 2.24) is 18.7 Å². The molecule has 4 rings (SSSR count). The van der Waals surface area contributed by atoms with Crippen molar-refractivity contribution in [3.63, 3.8) is 0 Å². The average molecular weight is 555 g/mol. The molecule has 0 spiro atoms. The van der Waals surface area contributed by atoms with Crippen molar-refractivity contribution in [2.75, 3.05) is 19.8 Å². The standard InChI is InChI=1S/C24H22ClF3N4O6/c1-30-20-19(21(34)31(23(30)35)8-10-36-11-9-33)32(14-15-4-2-5-16(25)12-15)22(29-20)37-17-6-3-7-18(13-17)38-24(26,27)28/h2-7,12-13,33H,8-11,14H2,1H3. The van der Waals surface area contributed by atoms with Crippen molar-refractivity contribution in [2.45, 2.75) is 19.5 Å². The van der Waals surface area contributed by atoms with Crippen molar-refractivity contribution in [3.8, 4) is 17.5 Å². The lowest BCUT2D eigenvalue weighted by molar-refractivity contribution is -0.274. The maximum absolute atomic E-state index is 13.5. The number of imidazole rings is 1.